The third-order valence-electron chi connectivity index (χ3n) is 6.61. The average Bonchev–Trinajstić information content (AvgIpc) is 3.28. The lowest BCUT2D eigenvalue weighted by atomic mass is 9.97. The Morgan fingerprint density at radius 2 is 1.72 bits per heavy atom. The molecule has 3 N–H and O–H groups in total. The van der Waals surface area contributed by atoms with Crippen molar-refractivity contribution in [2.24, 2.45) is 0 Å². The number of benzene rings is 3. The lowest BCUT2D eigenvalue weighted by Crippen LogP contribution is -2.10. The van der Waals surface area contributed by atoms with Crippen molar-refractivity contribution in [1.29, 1.82) is 0 Å². The molecule has 7 nitrogen and oxygen atoms in total. The van der Waals surface area contributed by atoms with Crippen LogP contribution in [0.4, 0.5) is 19.0 Å². The van der Waals surface area contributed by atoms with E-state index in [0.29, 0.717) is 33.4 Å². The second-order valence-electron chi connectivity index (χ2n) is 9.20. The standard InChI is InChI=1S/C29H21F3N6O/c1-16-6-4-7-17-12-19(25(36-24(16)17)21-10-2-3-11-22(21)29(30,31)32)14-38-28-23(27(33)34-15-35-28)26(37-38)18-8-5-9-20(39)13-18/h2-13,15,39H,14H2,1H3,(H2,33,34,35). The van der Waals surface area contributed by atoms with E-state index >= 15 is 0 Å². The second-order valence-corrected chi connectivity index (χ2v) is 9.20. The van der Waals surface area contributed by atoms with Gasteiger partial charge >= 0.3 is 6.18 Å². The summed E-state index contributed by atoms with van der Waals surface area (Å²) in [6.07, 6.45) is -3.26. The van der Waals surface area contributed by atoms with Gasteiger partial charge in [0.25, 0.3) is 0 Å². The third kappa shape index (κ3) is 4.29. The predicted octanol–water partition coefficient (Wildman–Crippen LogP) is 6.37. The number of nitrogens with two attached hydrogens (primary N) is 1. The molecule has 0 fully saturated rings. The lowest BCUT2D eigenvalue weighted by Gasteiger charge is -2.17. The maximum atomic E-state index is 14.1. The summed E-state index contributed by atoms with van der Waals surface area (Å²) in [5, 5.41) is 16.0. The first-order chi connectivity index (χ1) is 18.7. The monoisotopic (exact) mass is 526 g/mol. The van der Waals surface area contributed by atoms with E-state index in [-0.39, 0.29) is 29.4 Å². The topological polar surface area (TPSA) is 103 Å². The molecule has 39 heavy (non-hydrogen) atoms. The van der Waals surface area contributed by atoms with E-state index in [2.05, 4.69) is 9.97 Å². The van der Waals surface area contributed by atoms with Gasteiger partial charge in [-0.15, -0.1) is 0 Å². The van der Waals surface area contributed by atoms with Gasteiger partial charge in [-0.3, -0.25) is 0 Å². The van der Waals surface area contributed by atoms with Crippen molar-refractivity contribution >= 4 is 27.8 Å². The zero-order valence-electron chi connectivity index (χ0n) is 20.6. The summed E-state index contributed by atoms with van der Waals surface area (Å²) in [4.78, 5) is 13.3. The number of nitrogens with zero attached hydrogens (tertiary/aromatic N) is 5. The number of aryl methyl sites for hydroxylation is 1. The highest BCUT2D eigenvalue weighted by molar-refractivity contribution is 5.98. The van der Waals surface area contributed by atoms with Crippen molar-refractivity contribution in [1.82, 2.24) is 24.7 Å². The summed E-state index contributed by atoms with van der Waals surface area (Å²) < 4.78 is 43.8. The Morgan fingerprint density at radius 1 is 0.923 bits per heavy atom. The van der Waals surface area contributed by atoms with Crippen LogP contribution in [-0.2, 0) is 12.7 Å². The van der Waals surface area contributed by atoms with Crippen LogP contribution in [0.3, 0.4) is 0 Å². The van der Waals surface area contributed by atoms with Crippen molar-refractivity contribution in [3.05, 3.63) is 95.8 Å². The molecule has 0 radical (unpaired) electrons. The molecular formula is C29H21F3N6O. The Balaban J connectivity index is 1.60. The number of pyridine rings is 1. The number of hydrogen-bond donors (Lipinski definition) is 2. The molecule has 194 valence electrons. The van der Waals surface area contributed by atoms with Crippen molar-refractivity contribution in [2.75, 3.05) is 5.73 Å². The van der Waals surface area contributed by atoms with Crippen LogP contribution in [-0.4, -0.2) is 29.8 Å². The van der Waals surface area contributed by atoms with Crippen molar-refractivity contribution in [3.63, 3.8) is 0 Å². The Hall–Kier alpha value is -4.99. The number of aromatic hydroxyl groups is 1. The number of anilines is 1. The number of phenols is 1. The van der Waals surface area contributed by atoms with Crippen molar-refractivity contribution in [3.8, 4) is 28.3 Å². The minimum Gasteiger partial charge on any atom is -0.508 e. The molecule has 3 aromatic carbocycles. The van der Waals surface area contributed by atoms with E-state index in [9.17, 15) is 18.3 Å². The van der Waals surface area contributed by atoms with E-state index in [1.807, 2.05) is 31.2 Å². The number of nitrogen functional groups attached to an aromatic ring is 1. The first kappa shape index (κ1) is 24.4. The van der Waals surface area contributed by atoms with Gasteiger partial charge in [-0.2, -0.15) is 18.3 Å². The van der Waals surface area contributed by atoms with Gasteiger partial charge in [0.05, 0.1) is 28.7 Å². The molecule has 0 atom stereocenters. The summed E-state index contributed by atoms with van der Waals surface area (Å²) in [6.45, 7) is 1.93. The largest absolute Gasteiger partial charge is 0.508 e. The first-order valence-electron chi connectivity index (χ1n) is 12.0. The van der Waals surface area contributed by atoms with E-state index in [0.717, 1.165) is 17.0 Å². The van der Waals surface area contributed by atoms with Gasteiger partial charge in [0.2, 0.25) is 0 Å². The number of alkyl halides is 3. The minimum absolute atomic E-state index is 0.0241. The fraction of sp³-hybridized carbons (Fsp3) is 0.103. The fourth-order valence-corrected chi connectivity index (χ4v) is 4.84. The minimum atomic E-state index is -4.57. The van der Waals surface area contributed by atoms with Gasteiger partial charge in [-0.05, 0) is 36.8 Å². The highest BCUT2D eigenvalue weighted by Crippen LogP contribution is 2.39. The van der Waals surface area contributed by atoms with Crippen LogP contribution in [0.1, 0.15) is 16.7 Å². The summed E-state index contributed by atoms with van der Waals surface area (Å²) in [6, 6.07) is 19.4. The number of phenolic OH excluding ortho intramolecular Hbond substituents is 1. The number of aromatic nitrogens is 5. The molecule has 0 aliphatic rings. The van der Waals surface area contributed by atoms with Crippen LogP contribution in [0, 0.1) is 6.92 Å². The first-order valence-corrected chi connectivity index (χ1v) is 12.0. The maximum Gasteiger partial charge on any atom is 0.417 e. The Labute approximate surface area is 220 Å². The van der Waals surface area contributed by atoms with E-state index < -0.39 is 11.7 Å². The van der Waals surface area contributed by atoms with Crippen LogP contribution >= 0.6 is 0 Å². The molecule has 3 heterocycles. The molecular weight excluding hydrogens is 505 g/mol. The molecule has 0 saturated carbocycles. The van der Waals surface area contributed by atoms with Gasteiger partial charge < -0.3 is 10.8 Å². The summed E-state index contributed by atoms with van der Waals surface area (Å²) in [7, 11) is 0. The SMILES string of the molecule is Cc1cccc2cc(Cn3nc(-c4cccc(O)c4)c4c(N)ncnc43)c(-c3ccccc3C(F)(F)F)nc12. The number of fused-ring (bicyclic) bond motifs is 2. The average molecular weight is 527 g/mol. The van der Waals surface area contributed by atoms with Crippen molar-refractivity contribution in [2.45, 2.75) is 19.6 Å². The molecule has 0 spiro atoms. The fourth-order valence-electron chi connectivity index (χ4n) is 4.84. The van der Waals surface area contributed by atoms with Gasteiger partial charge in [0, 0.05) is 22.1 Å². The highest BCUT2D eigenvalue weighted by atomic mass is 19.4. The number of halogens is 3. The zero-order valence-corrected chi connectivity index (χ0v) is 20.6. The molecule has 0 aliphatic carbocycles. The maximum absolute atomic E-state index is 14.1. The summed E-state index contributed by atoms with van der Waals surface area (Å²) in [5.74, 6) is 0.241. The van der Waals surface area contributed by atoms with Crippen LogP contribution in [0.25, 0.3) is 44.5 Å². The lowest BCUT2D eigenvalue weighted by molar-refractivity contribution is -0.137. The van der Waals surface area contributed by atoms with Crippen LogP contribution in [0.15, 0.2) is 79.1 Å². The van der Waals surface area contributed by atoms with E-state index in [1.165, 1.54) is 24.5 Å². The quantitative estimate of drug-likeness (QED) is 0.277. The molecule has 0 saturated heterocycles. The van der Waals surface area contributed by atoms with Gasteiger partial charge in [-0.1, -0.05) is 48.5 Å². The zero-order chi connectivity index (χ0) is 27.3. The molecule has 6 aromatic rings. The van der Waals surface area contributed by atoms with Crippen molar-refractivity contribution < 1.29 is 18.3 Å². The van der Waals surface area contributed by atoms with Crippen LogP contribution in [0.5, 0.6) is 5.75 Å². The van der Waals surface area contributed by atoms with Gasteiger partial charge in [0.15, 0.2) is 5.65 Å². The van der Waals surface area contributed by atoms with Crippen LogP contribution in [0.2, 0.25) is 0 Å². The molecule has 0 aliphatic heterocycles. The van der Waals surface area contributed by atoms with E-state index in [4.69, 9.17) is 15.8 Å². The van der Waals surface area contributed by atoms with Gasteiger partial charge in [-0.25, -0.2) is 19.6 Å². The van der Waals surface area contributed by atoms with Crippen LogP contribution < -0.4 is 5.73 Å². The molecule has 0 amide bonds. The number of para-hydroxylation sites is 1. The van der Waals surface area contributed by atoms with E-state index in [1.54, 1.807) is 28.9 Å². The molecule has 6 rings (SSSR count). The second kappa shape index (κ2) is 9.09. The molecule has 10 heteroatoms. The summed E-state index contributed by atoms with van der Waals surface area (Å²) in [5.41, 5.74) is 9.05. The number of rotatable bonds is 4. The Bertz CT molecular complexity index is 1880. The Kier molecular flexibility index (Phi) is 5.67. The van der Waals surface area contributed by atoms with Gasteiger partial charge in [0.1, 0.15) is 23.6 Å². The molecule has 3 aromatic heterocycles. The highest BCUT2D eigenvalue weighted by Gasteiger charge is 2.34. The molecule has 0 unspecified atom stereocenters. The summed E-state index contributed by atoms with van der Waals surface area (Å²) >= 11 is 0. The Morgan fingerprint density at radius 3 is 2.51 bits per heavy atom. The molecule has 0 bridgehead atoms. The normalized spacial score (nSPS) is 11.9. The number of hydrogen-bond acceptors (Lipinski definition) is 6. The third-order valence-corrected chi connectivity index (χ3v) is 6.61. The predicted molar refractivity (Wildman–Crippen MR) is 143 cm³/mol. The smallest absolute Gasteiger partial charge is 0.417 e.